The van der Waals surface area contributed by atoms with E-state index in [1.165, 1.54) is 0 Å². The van der Waals surface area contributed by atoms with E-state index in [1.807, 2.05) is 6.92 Å². The number of benzene rings is 1. The minimum Gasteiger partial charge on any atom is -0.377 e. The third-order valence-corrected chi connectivity index (χ3v) is 3.96. The van der Waals surface area contributed by atoms with Crippen LogP contribution in [0.15, 0.2) is 29.3 Å². The summed E-state index contributed by atoms with van der Waals surface area (Å²) >= 11 is 0. The lowest BCUT2D eigenvalue weighted by Gasteiger charge is -2.23. The van der Waals surface area contributed by atoms with Crippen LogP contribution in [-0.4, -0.2) is 13.2 Å². The molecule has 1 aliphatic rings. The van der Waals surface area contributed by atoms with Crippen LogP contribution in [0.1, 0.15) is 49.8 Å². The second kappa shape index (κ2) is 5.47. The molecule has 0 amide bonds. The fourth-order valence-corrected chi connectivity index (χ4v) is 2.71. The molecule has 0 spiro atoms. The minimum atomic E-state index is -0.323. The van der Waals surface area contributed by atoms with Crippen LogP contribution < -0.4 is 0 Å². The van der Waals surface area contributed by atoms with Crippen LogP contribution >= 0.6 is 0 Å². The molecule has 3 nitrogen and oxygen atoms in total. The number of methoxy groups -OCH3 is 1. The Morgan fingerprint density at radius 3 is 2.39 bits per heavy atom. The Morgan fingerprint density at radius 2 is 1.89 bits per heavy atom. The largest absolute Gasteiger partial charge is 0.377 e. The number of isocyanates is 1. The Kier molecular flexibility index (Phi) is 3.95. The van der Waals surface area contributed by atoms with Crippen molar-refractivity contribution in [1.82, 2.24) is 0 Å². The van der Waals surface area contributed by atoms with Gasteiger partial charge < -0.3 is 4.74 Å². The first kappa shape index (κ1) is 13.0. The van der Waals surface area contributed by atoms with Crippen molar-refractivity contribution in [3.8, 4) is 0 Å². The zero-order valence-corrected chi connectivity index (χ0v) is 11.0. The molecule has 96 valence electrons. The number of rotatable bonds is 4. The molecular formula is C15H19NO2. The van der Waals surface area contributed by atoms with E-state index in [1.54, 1.807) is 13.2 Å². The van der Waals surface area contributed by atoms with Gasteiger partial charge in [0, 0.05) is 7.11 Å². The summed E-state index contributed by atoms with van der Waals surface area (Å²) in [5.74, 6) is 0. The monoisotopic (exact) mass is 245 g/mol. The van der Waals surface area contributed by atoms with E-state index in [0.717, 1.165) is 36.8 Å². The molecule has 0 radical (unpaired) electrons. The summed E-state index contributed by atoms with van der Waals surface area (Å²) in [5.41, 5.74) is 1.94. The van der Waals surface area contributed by atoms with Gasteiger partial charge in [0.05, 0.1) is 11.6 Å². The predicted octanol–water partition coefficient (Wildman–Crippen LogP) is 3.50. The van der Waals surface area contributed by atoms with Crippen molar-refractivity contribution in [1.29, 1.82) is 0 Å². The topological polar surface area (TPSA) is 38.7 Å². The summed E-state index contributed by atoms with van der Waals surface area (Å²) in [6.07, 6.45) is 5.98. The maximum absolute atomic E-state index is 10.6. The van der Waals surface area contributed by atoms with Gasteiger partial charge in [-0.3, -0.25) is 0 Å². The number of ether oxygens (including phenoxy) is 1. The maximum atomic E-state index is 10.6. The molecular weight excluding hydrogens is 226 g/mol. The van der Waals surface area contributed by atoms with E-state index in [2.05, 4.69) is 29.3 Å². The van der Waals surface area contributed by atoms with Crippen LogP contribution in [-0.2, 0) is 15.1 Å². The van der Waals surface area contributed by atoms with Crippen molar-refractivity contribution < 1.29 is 9.53 Å². The molecule has 0 bridgehead atoms. The normalized spacial score (nSPS) is 19.2. The van der Waals surface area contributed by atoms with Crippen LogP contribution in [0.25, 0.3) is 0 Å². The average molecular weight is 245 g/mol. The van der Waals surface area contributed by atoms with Gasteiger partial charge in [-0.15, -0.1) is 0 Å². The average Bonchev–Trinajstić information content (AvgIpc) is 2.88. The molecule has 0 aromatic heterocycles. The maximum Gasteiger partial charge on any atom is 0.235 e. The van der Waals surface area contributed by atoms with Gasteiger partial charge >= 0.3 is 0 Å². The fourth-order valence-electron chi connectivity index (χ4n) is 2.71. The highest BCUT2D eigenvalue weighted by atomic mass is 16.5. The summed E-state index contributed by atoms with van der Waals surface area (Å²) in [5, 5.41) is 0. The summed E-state index contributed by atoms with van der Waals surface area (Å²) < 4.78 is 5.29. The van der Waals surface area contributed by atoms with Gasteiger partial charge in [0.25, 0.3) is 0 Å². The van der Waals surface area contributed by atoms with Crippen LogP contribution in [0.4, 0.5) is 0 Å². The van der Waals surface area contributed by atoms with Crippen LogP contribution in [0.2, 0.25) is 0 Å². The van der Waals surface area contributed by atoms with Crippen molar-refractivity contribution in [3.63, 3.8) is 0 Å². The highest BCUT2D eigenvalue weighted by Crippen LogP contribution is 2.42. The fraction of sp³-hybridized carbons (Fsp3) is 0.533. The summed E-state index contributed by atoms with van der Waals surface area (Å²) in [6, 6.07) is 8.25. The van der Waals surface area contributed by atoms with E-state index >= 15 is 0 Å². The van der Waals surface area contributed by atoms with Gasteiger partial charge in [0.2, 0.25) is 6.08 Å². The number of hydrogen-bond donors (Lipinski definition) is 0. The lowest BCUT2D eigenvalue weighted by molar-refractivity contribution is 0.119. The Bertz CT molecular complexity index is 440. The van der Waals surface area contributed by atoms with Gasteiger partial charge in [-0.1, -0.05) is 37.1 Å². The number of nitrogens with zero attached hydrogens (tertiary/aromatic N) is 1. The molecule has 0 heterocycles. The molecule has 0 N–H and O–H groups in total. The standard InChI is InChI=1S/C15H19NO2/c1-12(18-2)13-5-7-14(8-6-13)15(16-11-17)9-3-4-10-15/h5-8,12H,3-4,9-10H2,1-2H3. The van der Waals surface area contributed by atoms with E-state index in [4.69, 9.17) is 4.74 Å². The molecule has 1 saturated carbocycles. The number of hydrogen-bond acceptors (Lipinski definition) is 3. The SMILES string of the molecule is COC(C)c1ccc(C2(N=C=O)CCCC2)cc1. The predicted molar refractivity (Wildman–Crippen MR) is 70.1 cm³/mol. The molecule has 1 aromatic rings. The van der Waals surface area contributed by atoms with Crippen LogP contribution in [0, 0.1) is 0 Å². The van der Waals surface area contributed by atoms with Crippen molar-refractivity contribution >= 4 is 6.08 Å². The zero-order chi connectivity index (χ0) is 13.0. The smallest absolute Gasteiger partial charge is 0.235 e. The molecule has 1 aliphatic carbocycles. The second-order valence-corrected chi connectivity index (χ2v) is 4.94. The summed E-state index contributed by atoms with van der Waals surface area (Å²) in [6.45, 7) is 2.02. The molecule has 1 atom stereocenters. The number of aliphatic imine (C=N–C) groups is 1. The minimum absolute atomic E-state index is 0.0909. The van der Waals surface area contributed by atoms with Crippen molar-refractivity contribution in [2.24, 2.45) is 4.99 Å². The van der Waals surface area contributed by atoms with Crippen molar-refractivity contribution in [2.45, 2.75) is 44.2 Å². The first-order chi connectivity index (χ1) is 8.72. The van der Waals surface area contributed by atoms with Gasteiger partial charge in [0.15, 0.2) is 0 Å². The van der Waals surface area contributed by atoms with Crippen molar-refractivity contribution in [2.75, 3.05) is 7.11 Å². The van der Waals surface area contributed by atoms with Gasteiger partial charge in [-0.2, -0.15) is 4.99 Å². The molecule has 0 aliphatic heterocycles. The Labute approximate surface area is 108 Å². The van der Waals surface area contributed by atoms with E-state index in [0.29, 0.717) is 0 Å². The van der Waals surface area contributed by atoms with Crippen molar-refractivity contribution in [3.05, 3.63) is 35.4 Å². The summed E-state index contributed by atoms with van der Waals surface area (Å²) in [7, 11) is 1.70. The molecule has 0 saturated heterocycles. The van der Waals surface area contributed by atoms with Gasteiger partial charge in [-0.25, -0.2) is 4.79 Å². The lowest BCUT2D eigenvalue weighted by atomic mass is 9.88. The Morgan fingerprint density at radius 1 is 1.28 bits per heavy atom. The second-order valence-electron chi connectivity index (χ2n) is 4.94. The van der Waals surface area contributed by atoms with E-state index < -0.39 is 0 Å². The van der Waals surface area contributed by atoms with E-state index in [9.17, 15) is 4.79 Å². The first-order valence-corrected chi connectivity index (χ1v) is 6.44. The summed E-state index contributed by atoms with van der Waals surface area (Å²) in [4.78, 5) is 14.7. The zero-order valence-electron chi connectivity index (χ0n) is 11.0. The molecule has 1 unspecified atom stereocenters. The quantitative estimate of drug-likeness (QED) is 0.601. The molecule has 18 heavy (non-hydrogen) atoms. The Hall–Kier alpha value is -1.44. The van der Waals surface area contributed by atoms with Crippen LogP contribution in [0.3, 0.4) is 0 Å². The Balaban J connectivity index is 2.30. The lowest BCUT2D eigenvalue weighted by Crippen LogP contribution is -2.18. The van der Waals surface area contributed by atoms with Gasteiger partial charge in [0.1, 0.15) is 0 Å². The molecule has 2 rings (SSSR count). The third-order valence-electron chi connectivity index (χ3n) is 3.96. The van der Waals surface area contributed by atoms with Crippen LogP contribution in [0.5, 0.6) is 0 Å². The number of carbonyl (C=O) groups excluding carboxylic acids is 1. The first-order valence-electron chi connectivity index (χ1n) is 6.44. The molecule has 3 heteroatoms. The highest BCUT2D eigenvalue weighted by molar-refractivity contribution is 5.39. The molecule has 1 aromatic carbocycles. The van der Waals surface area contributed by atoms with E-state index in [-0.39, 0.29) is 11.6 Å². The molecule has 1 fully saturated rings. The third kappa shape index (κ3) is 2.38. The van der Waals surface area contributed by atoms with Gasteiger partial charge in [-0.05, 0) is 30.9 Å². The highest BCUT2D eigenvalue weighted by Gasteiger charge is 2.35.